The summed E-state index contributed by atoms with van der Waals surface area (Å²) in [6, 6.07) is 5.13. The topological polar surface area (TPSA) is 82.4 Å². The van der Waals surface area contributed by atoms with Crippen LogP contribution >= 0.6 is 0 Å². The first kappa shape index (κ1) is 30.3. The van der Waals surface area contributed by atoms with Gasteiger partial charge in [-0.05, 0) is 63.1 Å². The molecule has 2 aromatic heterocycles. The summed E-state index contributed by atoms with van der Waals surface area (Å²) in [6.07, 6.45) is 7.96. The highest BCUT2D eigenvalue weighted by Gasteiger charge is 2.15. The van der Waals surface area contributed by atoms with E-state index in [0.717, 1.165) is 62.5 Å². The van der Waals surface area contributed by atoms with Crippen molar-refractivity contribution in [3.63, 3.8) is 0 Å². The number of nitrogens with one attached hydrogen (secondary N) is 2. The average molecular weight is 518 g/mol. The normalized spacial score (nSPS) is 11.0. The molecule has 0 aliphatic carbocycles. The Balaban J connectivity index is 0.00000153. The van der Waals surface area contributed by atoms with Gasteiger partial charge in [0.15, 0.2) is 0 Å². The summed E-state index contributed by atoms with van der Waals surface area (Å²) in [7, 11) is 0. The summed E-state index contributed by atoms with van der Waals surface area (Å²) >= 11 is 0. The van der Waals surface area contributed by atoms with E-state index in [1.165, 1.54) is 24.8 Å². The number of hydrogen-bond acceptors (Lipinski definition) is 5. The summed E-state index contributed by atoms with van der Waals surface area (Å²) in [5.74, 6) is -1.94. The van der Waals surface area contributed by atoms with Crippen LogP contribution in [-0.4, -0.2) is 51.7 Å². The van der Waals surface area contributed by atoms with Crippen LogP contribution in [0.25, 0.3) is 10.9 Å². The highest BCUT2D eigenvalue weighted by molar-refractivity contribution is 5.96. The van der Waals surface area contributed by atoms with Gasteiger partial charge in [0.1, 0.15) is 17.3 Å². The molecule has 7 nitrogen and oxygen atoms in total. The zero-order valence-corrected chi connectivity index (χ0v) is 22.5. The lowest BCUT2D eigenvalue weighted by Gasteiger charge is -2.20. The fourth-order valence-electron chi connectivity index (χ4n) is 4.17. The number of fused-ring (bicyclic) bond motifs is 1. The number of benzene rings is 1. The number of carbonyl (C=O) groups excluding carboxylic acids is 1. The number of carbonyl (C=O) groups is 1. The van der Waals surface area contributed by atoms with Gasteiger partial charge in [-0.25, -0.2) is 19.2 Å². The third kappa shape index (κ3) is 9.18. The Morgan fingerprint density at radius 2 is 1.76 bits per heavy atom. The minimum absolute atomic E-state index is 0.0803. The summed E-state index contributed by atoms with van der Waals surface area (Å²) in [5.41, 5.74) is 3.67. The zero-order chi connectivity index (χ0) is 27.2. The highest BCUT2D eigenvalue weighted by Crippen LogP contribution is 2.24. The van der Waals surface area contributed by atoms with E-state index in [2.05, 4.69) is 42.9 Å². The zero-order valence-electron chi connectivity index (χ0n) is 22.5. The minimum atomic E-state index is -0.704. The number of hydroxylamine groups is 1. The SMILES string of the molecule is CCC.CCCN(CCC)CCCNCc1cn(Cc2ccc(F)cc2F)c2cnc(C(=O)NO)cc12. The lowest BCUT2D eigenvalue weighted by atomic mass is 10.1. The van der Waals surface area contributed by atoms with Gasteiger partial charge in [-0.15, -0.1) is 0 Å². The van der Waals surface area contributed by atoms with E-state index < -0.39 is 17.5 Å². The lowest BCUT2D eigenvalue weighted by molar-refractivity contribution is 0.0701. The van der Waals surface area contributed by atoms with Crippen molar-refractivity contribution in [3.05, 3.63) is 65.1 Å². The van der Waals surface area contributed by atoms with Crippen LogP contribution in [0.15, 0.2) is 36.7 Å². The first-order valence-electron chi connectivity index (χ1n) is 13.2. The second kappa shape index (κ2) is 16.1. The van der Waals surface area contributed by atoms with E-state index >= 15 is 0 Å². The smallest absolute Gasteiger partial charge is 0.293 e. The third-order valence-electron chi connectivity index (χ3n) is 5.76. The van der Waals surface area contributed by atoms with Gasteiger partial charge in [0.05, 0.1) is 18.3 Å². The van der Waals surface area contributed by atoms with Crippen LogP contribution in [-0.2, 0) is 13.1 Å². The molecule has 0 saturated carbocycles. The molecular weight excluding hydrogens is 476 g/mol. The lowest BCUT2D eigenvalue weighted by Crippen LogP contribution is -2.29. The van der Waals surface area contributed by atoms with E-state index in [-0.39, 0.29) is 12.2 Å². The number of amides is 1. The second-order valence-corrected chi connectivity index (χ2v) is 9.12. The Hall–Kier alpha value is -2.88. The quantitative estimate of drug-likeness (QED) is 0.158. The van der Waals surface area contributed by atoms with Crippen molar-refractivity contribution in [3.8, 4) is 0 Å². The highest BCUT2D eigenvalue weighted by atomic mass is 19.1. The first-order valence-corrected chi connectivity index (χ1v) is 13.2. The molecule has 0 aliphatic heterocycles. The molecular formula is C28H41F2N5O2. The molecule has 0 aliphatic rings. The third-order valence-corrected chi connectivity index (χ3v) is 5.76. The Kier molecular flexibility index (Phi) is 13.2. The van der Waals surface area contributed by atoms with Gasteiger partial charge in [-0.2, -0.15) is 0 Å². The second-order valence-electron chi connectivity index (χ2n) is 9.12. The maximum atomic E-state index is 14.3. The molecule has 0 unspecified atom stereocenters. The minimum Gasteiger partial charge on any atom is -0.341 e. The van der Waals surface area contributed by atoms with Crippen molar-refractivity contribution in [2.45, 2.75) is 66.5 Å². The van der Waals surface area contributed by atoms with Gasteiger partial charge in [-0.1, -0.05) is 40.2 Å². The van der Waals surface area contributed by atoms with Gasteiger partial charge >= 0.3 is 0 Å². The van der Waals surface area contributed by atoms with Gasteiger partial charge in [0.25, 0.3) is 5.91 Å². The van der Waals surface area contributed by atoms with Gasteiger partial charge in [0.2, 0.25) is 0 Å². The monoisotopic (exact) mass is 517 g/mol. The van der Waals surface area contributed by atoms with Crippen LogP contribution < -0.4 is 10.8 Å². The number of aromatic nitrogens is 2. The number of nitrogens with zero attached hydrogens (tertiary/aromatic N) is 3. The van der Waals surface area contributed by atoms with Crippen LogP contribution in [0.2, 0.25) is 0 Å². The maximum absolute atomic E-state index is 14.3. The van der Waals surface area contributed by atoms with Gasteiger partial charge < -0.3 is 14.8 Å². The molecule has 204 valence electrons. The predicted octanol–water partition coefficient (Wildman–Crippen LogP) is 5.50. The largest absolute Gasteiger partial charge is 0.341 e. The number of halogens is 2. The summed E-state index contributed by atoms with van der Waals surface area (Å²) in [5, 5.41) is 13.2. The van der Waals surface area contributed by atoms with E-state index in [4.69, 9.17) is 5.21 Å². The van der Waals surface area contributed by atoms with Crippen LogP contribution in [0.5, 0.6) is 0 Å². The molecule has 3 aromatic rings. The Labute approximate surface area is 218 Å². The molecule has 3 rings (SSSR count). The molecule has 9 heteroatoms. The Morgan fingerprint density at radius 3 is 2.38 bits per heavy atom. The molecule has 0 fully saturated rings. The van der Waals surface area contributed by atoms with Crippen molar-refractivity contribution in [1.82, 2.24) is 25.2 Å². The van der Waals surface area contributed by atoms with Gasteiger partial charge in [0, 0.05) is 29.8 Å². The van der Waals surface area contributed by atoms with Crippen molar-refractivity contribution >= 4 is 16.8 Å². The number of pyridine rings is 1. The molecule has 0 bridgehead atoms. The summed E-state index contributed by atoms with van der Waals surface area (Å²) in [6.45, 7) is 13.4. The molecule has 0 spiro atoms. The van der Waals surface area contributed by atoms with Crippen LogP contribution in [0.3, 0.4) is 0 Å². The molecule has 0 saturated heterocycles. The van der Waals surface area contributed by atoms with Crippen LogP contribution in [0.1, 0.15) is 75.0 Å². The fourth-order valence-corrected chi connectivity index (χ4v) is 4.17. The van der Waals surface area contributed by atoms with Crippen molar-refractivity contribution in [2.75, 3.05) is 26.2 Å². The van der Waals surface area contributed by atoms with E-state index in [9.17, 15) is 13.6 Å². The van der Waals surface area contributed by atoms with Crippen molar-refractivity contribution in [2.24, 2.45) is 0 Å². The Bertz CT molecular complexity index is 1110. The number of hydrogen-bond donors (Lipinski definition) is 3. The van der Waals surface area contributed by atoms with Crippen molar-refractivity contribution in [1.29, 1.82) is 0 Å². The molecule has 0 radical (unpaired) electrons. The van der Waals surface area contributed by atoms with E-state index in [0.29, 0.717) is 17.6 Å². The number of rotatable bonds is 13. The molecule has 37 heavy (non-hydrogen) atoms. The van der Waals surface area contributed by atoms with Crippen LogP contribution in [0, 0.1) is 11.6 Å². The molecule has 3 N–H and O–H groups in total. The molecule has 0 atom stereocenters. The van der Waals surface area contributed by atoms with Crippen LogP contribution in [0.4, 0.5) is 8.78 Å². The Morgan fingerprint density at radius 1 is 1.05 bits per heavy atom. The molecule has 1 aromatic carbocycles. The first-order chi connectivity index (χ1) is 17.9. The summed E-state index contributed by atoms with van der Waals surface area (Å²) in [4.78, 5) is 18.5. The summed E-state index contributed by atoms with van der Waals surface area (Å²) < 4.78 is 29.4. The molecule has 1 amide bonds. The maximum Gasteiger partial charge on any atom is 0.293 e. The van der Waals surface area contributed by atoms with Crippen molar-refractivity contribution < 1.29 is 18.8 Å². The van der Waals surface area contributed by atoms with E-state index in [1.54, 1.807) is 11.5 Å². The fraction of sp³-hybridized carbons (Fsp3) is 0.500. The molecule has 2 heterocycles. The van der Waals surface area contributed by atoms with Gasteiger partial charge in [-0.3, -0.25) is 10.0 Å². The predicted molar refractivity (Wildman–Crippen MR) is 144 cm³/mol. The standard InChI is InChI=1S/C25H33F2N5O2.C3H8/c1-3-9-31(10-4-2)11-5-8-28-14-19-17-32(16-18-6-7-20(26)12-22(18)27)24-15-29-23(13-21(19)24)25(33)30-34;1-3-2/h6-7,12-13,15,17,28,34H,3-5,8-11,14,16H2,1-2H3,(H,30,33);3H2,1-2H3. The average Bonchev–Trinajstić information content (AvgIpc) is 3.22. The van der Waals surface area contributed by atoms with E-state index in [1.807, 2.05) is 10.8 Å².